The van der Waals surface area contributed by atoms with Gasteiger partial charge in [-0.1, -0.05) is 24.3 Å². The van der Waals surface area contributed by atoms with Crippen LogP contribution >= 0.6 is 0 Å². The zero-order valence-corrected chi connectivity index (χ0v) is 23.1. The highest BCUT2D eigenvalue weighted by Gasteiger charge is 2.53. The average Bonchev–Trinajstić information content (AvgIpc) is 2.95. The number of amidine groups is 2. The van der Waals surface area contributed by atoms with E-state index in [1.807, 2.05) is 0 Å². The lowest BCUT2D eigenvalue weighted by atomic mass is 9.84. The van der Waals surface area contributed by atoms with Crippen LogP contribution in [0.5, 0.6) is 0 Å². The third kappa shape index (κ3) is 7.14. The first-order valence-electron chi connectivity index (χ1n) is 13.1. The number of unbranched alkanes of at least 4 members (excludes halogenated alkanes) is 1. The highest BCUT2D eigenvalue weighted by molar-refractivity contribution is 6.11. The van der Waals surface area contributed by atoms with Crippen molar-refractivity contribution in [3.8, 4) is 0 Å². The molecule has 1 aliphatic rings. The second kappa shape index (κ2) is 13.5. The van der Waals surface area contributed by atoms with Crippen LogP contribution in [0.4, 0.5) is 0 Å². The standard InChI is InChI=1S/C28H34N8O6/c1-17(37)28(12-2-3-13-33-25(40)20-8-4-18(5-9-20)23(29)30)27(42)35(16-22(38)39)14-15-36(28)34-26(41)21-10-6-19(7-11-21)24(31)32/h4-11H,2-3,12-16H2,1H3,(H3,29,30)(H3,31,32)(H,33,40)(H,34,41)(H,38,39). The SMILES string of the molecule is CC(=O)C1(CCCCNC(=O)c2ccc(C(=N)N)cc2)C(=O)N(CC(=O)O)CCN1NC(=O)c1ccc(C(=N)N)cc1. The number of hydrogen-bond acceptors (Lipinski definition) is 8. The van der Waals surface area contributed by atoms with Crippen LogP contribution in [0.2, 0.25) is 0 Å². The minimum Gasteiger partial charge on any atom is -0.480 e. The molecule has 0 bridgehead atoms. The molecule has 1 unspecified atom stereocenters. The number of carbonyl (C=O) groups is 5. The molecule has 1 heterocycles. The molecule has 9 N–H and O–H groups in total. The van der Waals surface area contributed by atoms with Crippen molar-refractivity contribution in [2.75, 3.05) is 26.2 Å². The lowest BCUT2D eigenvalue weighted by Gasteiger charge is -2.47. The number of nitrogens with two attached hydrogens (primary N) is 2. The summed E-state index contributed by atoms with van der Waals surface area (Å²) in [7, 11) is 0. The van der Waals surface area contributed by atoms with Crippen molar-refractivity contribution >= 4 is 41.1 Å². The maximum atomic E-state index is 13.6. The summed E-state index contributed by atoms with van der Waals surface area (Å²) in [5.41, 5.74) is 13.2. The second-order valence-corrected chi connectivity index (χ2v) is 9.82. The Hall–Kier alpha value is -5.11. The van der Waals surface area contributed by atoms with Crippen molar-refractivity contribution in [1.82, 2.24) is 20.7 Å². The third-order valence-corrected chi connectivity index (χ3v) is 7.01. The van der Waals surface area contributed by atoms with E-state index < -0.39 is 35.7 Å². The monoisotopic (exact) mass is 578 g/mol. The molecular weight excluding hydrogens is 544 g/mol. The Balaban J connectivity index is 1.73. The molecule has 0 spiro atoms. The summed E-state index contributed by atoms with van der Waals surface area (Å²) in [6.45, 7) is 0.824. The van der Waals surface area contributed by atoms with E-state index in [2.05, 4.69) is 10.7 Å². The van der Waals surface area contributed by atoms with Gasteiger partial charge in [-0.25, -0.2) is 0 Å². The lowest BCUT2D eigenvalue weighted by molar-refractivity contribution is -0.165. The molecule has 2 aromatic carbocycles. The number of nitrogens with zero attached hydrogens (tertiary/aromatic N) is 2. The smallest absolute Gasteiger partial charge is 0.323 e. The molecule has 2 aromatic rings. The van der Waals surface area contributed by atoms with Crippen molar-refractivity contribution in [3.63, 3.8) is 0 Å². The van der Waals surface area contributed by atoms with E-state index in [-0.39, 0.29) is 55.6 Å². The number of hydrogen-bond donors (Lipinski definition) is 7. The zero-order chi connectivity index (χ0) is 31.0. The van der Waals surface area contributed by atoms with Gasteiger partial charge in [-0.2, -0.15) is 5.01 Å². The summed E-state index contributed by atoms with van der Waals surface area (Å²) in [5, 5.41) is 28.3. The number of nitrogens with one attached hydrogen (secondary N) is 4. The molecule has 1 aliphatic heterocycles. The summed E-state index contributed by atoms with van der Waals surface area (Å²) < 4.78 is 0. The van der Waals surface area contributed by atoms with Crippen LogP contribution in [0.3, 0.4) is 0 Å². The summed E-state index contributed by atoms with van der Waals surface area (Å²) in [6.07, 6.45) is 0.631. The van der Waals surface area contributed by atoms with Gasteiger partial charge in [0.05, 0.1) is 0 Å². The van der Waals surface area contributed by atoms with Gasteiger partial charge < -0.3 is 26.8 Å². The molecule has 0 aromatic heterocycles. The summed E-state index contributed by atoms with van der Waals surface area (Å²) >= 11 is 0. The molecular formula is C28H34N8O6. The van der Waals surface area contributed by atoms with E-state index in [1.165, 1.54) is 36.2 Å². The van der Waals surface area contributed by atoms with Gasteiger partial charge in [0.15, 0.2) is 11.3 Å². The summed E-state index contributed by atoms with van der Waals surface area (Å²) in [5.74, 6) is -3.76. The number of ketones is 1. The Kier molecular flexibility index (Phi) is 10.1. The van der Waals surface area contributed by atoms with Crippen LogP contribution in [0.25, 0.3) is 0 Å². The minimum absolute atomic E-state index is 0.00284. The quantitative estimate of drug-likeness (QED) is 0.0735. The van der Waals surface area contributed by atoms with E-state index in [1.54, 1.807) is 24.3 Å². The fourth-order valence-electron chi connectivity index (χ4n) is 4.71. The normalized spacial score (nSPS) is 16.9. The van der Waals surface area contributed by atoms with Crippen LogP contribution in [0, 0.1) is 10.8 Å². The Morgan fingerprint density at radius 3 is 1.83 bits per heavy atom. The Labute approximate surface area is 242 Å². The van der Waals surface area contributed by atoms with Crippen LogP contribution in [-0.2, 0) is 14.4 Å². The predicted molar refractivity (Wildman–Crippen MR) is 153 cm³/mol. The number of carboxylic acid groups (broad SMARTS) is 1. The third-order valence-electron chi connectivity index (χ3n) is 7.01. The number of carbonyl (C=O) groups excluding carboxylic acids is 4. The van der Waals surface area contributed by atoms with Crippen molar-refractivity contribution in [2.24, 2.45) is 11.5 Å². The molecule has 3 amide bonds. The zero-order valence-electron chi connectivity index (χ0n) is 23.1. The molecule has 14 nitrogen and oxygen atoms in total. The highest BCUT2D eigenvalue weighted by atomic mass is 16.4. The van der Waals surface area contributed by atoms with Gasteiger partial charge in [-0.15, -0.1) is 0 Å². The van der Waals surface area contributed by atoms with Crippen LogP contribution in [-0.4, -0.2) is 87.9 Å². The highest BCUT2D eigenvalue weighted by Crippen LogP contribution is 2.29. The topological polar surface area (TPSA) is 236 Å². The van der Waals surface area contributed by atoms with Crippen LogP contribution < -0.4 is 22.2 Å². The number of nitrogen functional groups attached to an aromatic ring is 2. The van der Waals surface area contributed by atoms with Crippen LogP contribution in [0.1, 0.15) is 58.0 Å². The fourth-order valence-corrected chi connectivity index (χ4v) is 4.71. The van der Waals surface area contributed by atoms with Crippen molar-refractivity contribution < 1.29 is 29.1 Å². The molecule has 1 saturated heterocycles. The predicted octanol–water partition coefficient (Wildman–Crippen LogP) is 0.0564. The maximum absolute atomic E-state index is 13.6. The lowest BCUT2D eigenvalue weighted by Crippen LogP contribution is -2.73. The number of Topliss-reactive ketones (excluding diaryl/α,β-unsaturated/α-hetero) is 1. The molecule has 1 atom stereocenters. The maximum Gasteiger partial charge on any atom is 0.323 e. The molecule has 3 rings (SSSR count). The van der Waals surface area contributed by atoms with Gasteiger partial charge in [0.2, 0.25) is 0 Å². The van der Waals surface area contributed by atoms with E-state index in [0.29, 0.717) is 23.1 Å². The van der Waals surface area contributed by atoms with E-state index in [4.69, 9.17) is 22.3 Å². The van der Waals surface area contributed by atoms with Gasteiger partial charge in [0.1, 0.15) is 18.2 Å². The number of hydrazine groups is 1. The van der Waals surface area contributed by atoms with Crippen LogP contribution in [0.15, 0.2) is 48.5 Å². The van der Waals surface area contributed by atoms with Gasteiger partial charge in [-0.3, -0.25) is 40.2 Å². The molecule has 42 heavy (non-hydrogen) atoms. The minimum atomic E-state index is -1.85. The molecule has 0 saturated carbocycles. The summed E-state index contributed by atoms with van der Waals surface area (Å²) in [4.78, 5) is 64.8. The number of rotatable bonds is 13. The van der Waals surface area contributed by atoms with E-state index in [0.717, 1.165) is 4.90 Å². The fraction of sp³-hybridized carbons (Fsp3) is 0.321. The van der Waals surface area contributed by atoms with Crippen molar-refractivity contribution in [3.05, 3.63) is 70.8 Å². The Bertz CT molecular complexity index is 1390. The largest absolute Gasteiger partial charge is 0.480 e. The van der Waals surface area contributed by atoms with E-state index in [9.17, 15) is 29.1 Å². The number of piperazine rings is 1. The Morgan fingerprint density at radius 2 is 1.36 bits per heavy atom. The molecule has 14 heteroatoms. The molecule has 0 radical (unpaired) electrons. The molecule has 1 fully saturated rings. The van der Waals surface area contributed by atoms with Gasteiger partial charge in [-0.05, 0) is 50.5 Å². The molecule has 222 valence electrons. The van der Waals surface area contributed by atoms with Gasteiger partial charge >= 0.3 is 5.97 Å². The number of aliphatic carboxylic acids is 1. The first kappa shape index (κ1) is 31.4. The van der Waals surface area contributed by atoms with Crippen molar-refractivity contribution in [2.45, 2.75) is 31.7 Å². The van der Waals surface area contributed by atoms with Gasteiger partial charge in [0.25, 0.3) is 17.7 Å². The average molecular weight is 579 g/mol. The number of amides is 3. The molecule has 0 aliphatic carbocycles. The number of benzene rings is 2. The first-order valence-corrected chi connectivity index (χ1v) is 13.1. The van der Waals surface area contributed by atoms with Gasteiger partial charge in [0, 0.05) is 41.9 Å². The van der Waals surface area contributed by atoms with E-state index >= 15 is 0 Å². The summed E-state index contributed by atoms with van der Waals surface area (Å²) in [6, 6.07) is 12.1. The Morgan fingerprint density at radius 1 is 0.857 bits per heavy atom. The first-order chi connectivity index (χ1) is 19.9. The second-order valence-electron chi connectivity index (χ2n) is 9.82. The number of carboxylic acids is 1. The van der Waals surface area contributed by atoms with Crippen molar-refractivity contribution in [1.29, 1.82) is 10.8 Å².